The van der Waals surface area contributed by atoms with Crippen molar-refractivity contribution in [3.8, 4) is 5.75 Å². The maximum absolute atomic E-state index is 12.9. The van der Waals surface area contributed by atoms with E-state index in [2.05, 4.69) is 11.8 Å². The highest BCUT2D eigenvalue weighted by atomic mass is 35.5. The van der Waals surface area contributed by atoms with Crippen LogP contribution in [0, 0.1) is 13.8 Å². The first-order chi connectivity index (χ1) is 17.1. The van der Waals surface area contributed by atoms with Crippen LogP contribution in [-0.4, -0.2) is 59.1 Å². The van der Waals surface area contributed by atoms with Crippen LogP contribution in [0.15, 0.2) is 71.6 Å². The Balaban J connectivity index is 1.30. The van der Waals surface area contributed by atoms with E-state index >= 15 is 0 Å². The molecule has 0 radical (unpaired) electrons. The number of carbonyl (C=O) groups excluding carboxylic acids is 1. The van der Waals surface area contributed by atoms with Crippen LogP contribution < -0.4 is 13.9 Å². The molecule has 3 aromatic carbocycles. The minimum absolute atomic E-state index is 0.0763. The molecule has 190 valence electrons. The Labute approximate surface area is 217 Å². The number of carbonyl (C=O) groups is 1. The highest BCUT2D eigenvalue weighted by molar-refractivity contribution is 7.92. The predicted octanol–water partition coefficient (Wildman–Crippen LogP) is 4.51. The fourth-order valence-corrected chi connectivity index (χ4v) is 5.48. The Morgan fingerprint density at radius 1 is 0.944 bits per heavy atom. The van der Waals surface area contributed by atoms with Crippen LogP contribution in [0.4, 0.5) is 11.4 Å². The smallest absolute Gasteiger partial charge is 0.264 e. The topological polar surface area (TPSA) is 70.2 Å². The van der Waals surface area contributed by atoms with Gasteiger partial charge in [-0.3, -0.25) is 9.10 Å². The number of piperazine rings is 1. The van der Waals surface area contributed by atoms with Crippen LogP contribution >= 0.6 is 11.6 Å². The number of benzene rings is 3. The van der Waals surface area contributed by atoms with Gasteiger partial charge in [-0.05, 0) is 67.9 Å². The molecule has 0 saturated carbocycles. The van der Waals surface area contributed by atoms with Crippen LogP contribution in [0.2, 0.25) is 5.02 Å². The van der Waals surface area contributed by atoms with Crippen molar-refractivity contribution >= 4 is 38.9 Å². The molecule has 1 aliphatic rings. The molecule has 36 heavy (non-hydrogen) atoms. The van der Waals surface area contributed by atoms with Gasteiger partial charge in [0.15, 0.2) is 6.61 Å². The van der Waals surface area contributed by atoms with Crippen molar-refractivity contribution in [1.82, 2.24) is 4.90 Å². The molecule has 4 rings (SSSR count). The van der Waals surface area contributed by atoms with Crippen molar-refractivity contribution in [2.75, 3.05) is 49.0 Å². The second-order valence-corrected chi connectivity index (χ2v) is 11.3. The third-order valence-electron chi connectivity index (χ3n) is 6.39. The fourth-order valence-electron chi connectivity index (χ4n) is 4.12. The van der Waals surface area contributed by atoms with Gasteiger partial charge in [0.25, 0.3) is 15.9 Å². The number of hydrogen-bond acceptors (Lipinski definition) is 5. The summed E-state index contributed by atoms with van der Waals surface area (Å²) in [5, 5.41) is 0.701. The van der Waals surface area contributed by atoms with Crippen molar-refractivity contribution in [2.45, 2.75) is 18.7 Å². The number of anilines is 2. The molecule has 1 heterocycles. The number of hydrogen-bond donors (Lipinski definition) is 0. The number of ether oxygens (including phenoxy) is 1. The van der Waals surface area contributed by atoms with Crippen molar-refractivity contribution in [1.29, 1.82) is 0 Å². The fraction of sp³-hybridized carbons (Fsp3) is 0.296. The summed E-state index contributed by atoms with van der Waals surface area (Å²) >= 11 is 6.16. The first-order valence-corrected chi connectivity index (χ1v) is 13.5. The molecular formula is C27H30ClN3O4S. The third kappa shape index (κ3) is 5.77. The van der Waals surface area contributed by atoms with Crippen molar-refractivity contribution in [2.24, 2.45) is 0 Å². The van der Waals surface area contributed by atoms with E-state index in [0.717, 1.165) is 29.9 Å². The van der Waals surface area contributed by atoms with E-state index in [9.17, 15) is 13.2 Å². The molecule has 9 heteroatoms. The van der Waals surface area contributed by atoms with Gasteiger partial charge in [-0.25, -0.2) is 8.42 Å². The molecule has 0 aliphatic carbocycles. The van der Waals surface area contributed by atoms with Crippen LogP contribution in [0.5, 0.6) is 5.75 Å². The summed E-state index contributed by atoms with van der Waals surface area (Å²) in [6, 6.07) is 19.3. The number of aryl methyl sites for hydroxylation is 2. The standard InChI is InChI=1S/C27H30ClN3O4S/c1-20-4-12-25(13-5-20)36(33,34)29(3)23-8-10-24(11-9-23)35-19-27(32)31-16-14-30(15-17-31)26-18-22(28)7-6-21(26)2/h4-13,18H,14-17,19H2,1-3H3. The van der Waals surface area contributed by atoms with Gasteiger partial charge < -0.3 is 14.5 Å². The van der Waals surface area contributed by atoms with Crippen LogP contribution in [0.25, 0.3) is 0 Å². The lowest BCUT2D eigenvalue weighted by Crippen LogP contribution is -2.50. The Bertz CT molecular complexity index is 1320. The highest BCUT2D eigenvalue weighted by Crippen LogP contribution is 2.26. The average Bonchev–Trinajstić information content (AvgIpc) is 2.89. The van der Waals surface area contributed by atoms with Gasteiger partial charge in [0.2, 0.25) is 0 Å². The van der Waals surface area contributed by atoms with E-state index in [1.54, 1.807) is 53.4 Å². The molecule has 0 aromatic heterocycles. The van der Waals surface area contributed by atoms with Crippen LogP contribution in [-0.2, 0) is 14.8 Å². The number of amides is 1. The van der Waals surface area contributed by atoms with Gasteiger partial charge >= 0.3 is 0 Å². The first kappa shape index (κ1) is 25.9. The number of halogens is 1. The highest BCUT2D eigenvalue weighted by Gasteiger charge is 2.23. The van der Waals surface area contributed by atoms with E-state index in [1.807, 2.05) is 25.1 Å². The molecule has 0 bridgehead atoms. The largest absolute Gasteiger partial charge is 0.484 e. The molecule has 1 saturated heterocycles. The predicted molar refractivity (Wildman–Crippen MR) is 144 cm³/mol. The van der Waals surface area contributed by atoms with E-state index < -0.39 is 10.0 Å². The zero-order chi connectivity index (χ0) is 25.9. The minimum atomic E-state index is -3.67. The summed E-state index contributed by atoms with van der Waals surface area (Å²) in [6.07, 6.45) is 0. The molecule has 7 nitrogen and oxygen atoms in total. The molecule has 1 amide bonds. The summed E-state index contributed by atoms with van der Waals surface area (Å²) in [4.78, 5) is 17.0. The monoisotopic (exact) mass is 527 g/mol. The Morgan fingerprint density at radius 2 is 1.58 bits per heavy atom. The maximum Gasteiger partial charge on any atom is 0.264 e. The van der Waals surface area contributed by atoms with Gasteiger partial charge in [0.1, 0.15) is 5.75 Å². The Kier molecular flexibility index (Phi) is 7.76. The van der Waals surface area contributed by atoms with Gasteiger partial charge in [0.05, 0.1) is 10.6 Å². The molecule has 0 unspecified atom stereocenters. The zero-order valence-electron chi connectivity index (χ0n) is 20.6. The van der Waals surface area contributed by atoms with Crippen molar-refractivity contribution in [3.63, 3.8) is 0 Å². The van der Waals surface area contributed by atoms with Crippen LogP contribution in [0.3, 0.4) is 0 Å². The summed E-state index contributed by atoms with van der Waals surface area (Å²) in [6.45, 7) is 6.55. The summed E-state index contributed by atoms with van der Waals surface area (Å²) in [7, 11) is -2.16. The second kappa shape index (κ2) is 10.8. The lowest BCUT2D eigenvalue weighted by atomic mass is 10.1. The Morgan fingerprint density at radius 3 is 2.22 bits per heavy atom. The van der Waals surface area contributed by atoms with E-state index in [1.165, 1.54) is 11.4 Å². The lowest BCUT2D eigenvalue weighted by molar-refractivity contribution is -0.133. The molecule has 0 spiro atoms. The number of nitrogens with zero attached hydrogens (tertiary/aromatic N) is 3. The third-order valence-corrected chi connectivity index (χ3v) is 8.42. The molecule has 1 aliphatic heterocycles. The average molecular weight is 528 g/mol. The number of sulfonamides is 1. The summed E-state index contributed by atoms with van der Waals surface area (Å²) in [5.74, 6) is 0.419. The zero-order valence-corrected chi connectivity index (χ0v) is 22.2. The maximum atomic E-state index is 12.9. The van der Waals surface area contributed by atoms with Crippen molar-refractivity contribution in [3.05, 3.63) is 82.9 Å². The molecule has 0 atom stereocenters. The first-order valence-electron chi connectivity index (χ1n) is 11.7. The second-order valence-electron chi connectivity index (χ2n) is 8.87. The van der Waals surface area contributed by atoms with E-state index in [-0.39, 0.29) is 17.4 Å². The van der Waals surface area contributed by atoms with Crippen molar-refractivity contribution < 1.29 is 17.9 Å². The van der Waals surface area contributed by atoms with E-state index in [0.29, 0.717) is 29.5 Å². The van der Waals surface area contributed by atoms with Gasteiger partial charge in [0, 0.05) is 43.9 Å². The summed E-state index contributed by atoms with van der Waals surface area (Å²) < 4.78 is 32.7. The van der Waals surface area contributed by atoms with E-state index in [4.69, 9.17) is 16.3 Å². The van der Waals surface area contributed by atoms with Crippen LogP contribution in [0.1, 0.15) is 11.1 Å². The van der Waals surface area contributed by atoms with Gasteiger partial charge in [-0.15, -0.1) is 0 Å². The quantitative estimate of drug-likeness (QED) is 0.452. The summed E-state index contributed by atoms with van der Waals surface area (Å²) in [5.41, 5.74) is 3.75. The minimum Gasteiger partial charge on any atom is -0.484 e. The Hall–Kier alpha value is -3.23. The van der Waals surface area contributed by atoms with Gasteiger partial charge in [-0.2, -0.15) is 0 Å². The normalized spacial score (nSPS) is 14.0. The molecule has 1 fully saturated rings. The molecule has 0 N–H and O–H groups in total. The molecular weight excluding hydrogens is 498 g/mol. The van der Waals surface area contributed by atoms with Gasteiger partial charge in [-0.1, -0.05) is 35.4 Å². The SMILES string of the molecule is Cc1ccc(S(=O)(=O)N(C)c2ccc(OCC(=O)N3CCN(c4cc(Cl)ccc4C)CC3)cc2)cc1. The number of rotatable bonds is 7. The lowest BCUT2D eigenvalue weighted by Gasteiger charge is -2.36. The molecule has 3 aromatic rings.